The molecule has 3 heterocycles. The minimum Gasteiger partial charge on any atom is -0.342 e. The molecular formula is C16H20N2O2S. The molecule has 2 amide bonds. The van der Waals surface area contributed by atoms with Gasteiger partial charge in [0.25, 0.3) is 0 Å². The first-order valence-corrected chi connectivity index (χ1v) is 8.54. The van der Waals surface area contributed by atoms with Crippen LogP contribution in [0.1, 0.15) is 30.6 Å². The van der Waals surface area contributed by atoms with Crippen molar-refractivity contribution >= 4 is 28.2 Å². The van der Waals surface area contributed by atoms with Crippen molar-refractivity contribution in [3.63, 3.8) is 0 Å². The van der Waals surface area contributed by atoms with Crippen LogP contribution in [0.2, 0.25) is 0 Å². The third-order valence-corrected chi connectivity index (χ3v) is 6.01. The molecule has 0 aromatic carbocycles. The number of hydrogen-bond donors (Lipinski definition) is 0. The van der Waals surface area contributed by atoms with Crippen molar-refractivity contribution in [3.05, 3.63) is 17.0 Å². The van der Waals surface area contributed by atoms with Crippen molar-refractivity contribution in [1.82, 2.24) is 4.90 Å². The summed E-state index contributed by atoms with van der Waals surface area (Å²) in [6.07, 6.45) is 3.68. The van der Waals surface area contributed by atoms with Gasteiger partial charge in [0.05, 0.1) is 5.00 Å². The fraction of sp³-hybridized carbons (Fsp3) is 0.625. The summed E-state index contributed by atoms with van der Waals surface area (Å²) in [5, 5.41) is 1.06. The van der Waals surface area contributed by atoms with Crippen LogP contribution in [0.5, 0.6) is 0 Å². The number of nitrogens with zero attached hydrogens (tertiary/aromatic N) is 2. The minimum absolute atomic E-state index is 0.000468. The Labute approximate surface area is 128 Å². The Morgan fingerprint density at radius 1 is 1.33 bits per heavy atom. The third kappa shape index (κ3) is 2.27. The second-order valence-corrected chi connectivity index (χ2v) is 8.09. The second kappa shape index (κ2) is 4.57. The molecule has 1 aliphatic carbocycles. The quantitative estimate of drug-likeness (QED) is 0.842. The van der Waals surface area contributed by atoms with Crippen LogP contribution >= 0.6 is 11.3 Å². The van der Waals surface area contributed by atoms with Crippen LogP contribution < -0.4 is 4.90 Å². The molecule has 1 saturated carbocycles. The average Bonchev–Trinajstić information content (AvgIpc) is 2.97. The van der Waals surface area contributed by atoms with Crippen molar-refractivity contribution < 1.29 is 9.59 Å². The number of likely N-dealkylation sites (tertiary alicyclic amines) is 1. The van der Waals surface area contributed by atoms with E-state index >= 15 is 0 Å². The topological polar surface area (TPSA) is 40.6 Å². The lowest BCUT2D eigenvalue weighted by Gasteiger charge is -2.23. The van der Waals surface area contributed by atoms with Gasteiger partial charge >= 0.3 is 0 Å². The molecule has 0 bridgehead atoms. The Bertz CT molecular complexity index is 607. The minimum atomic E-state index is -0.000468. The van der Waals surface area contributed by atoms with Crippen molar-refractivity contribution in [2.75, 3.05) is 24.5 Å². The first-order chi connectivity index (χ1) is 10.1. The van der Waals surface area contributed by atoms with Gasteiger partial charge in [-0.05, 0) is 38.3 Å². The molecular weight excluding hydrogens is 284 g/mol. The summed E-state index contributed by atoms with van der Waals surface area (Å²) < 4.78 is 0. The summed E-state index contributed by atoms with van der Waals surface area (Å²) in [4.78, 5) is 29.8. The highest BCUT2D eigenvalue weighted by Gasteiger charge is 2.50. The Hall–Kier alpha value is -1.36. The first kappa shape index (κ1) is 13.3. The lowest BCUT2D eigenvalue weighted by atomic mass is 9.86. The van der Waals surface area contributed by atoms with Gasteiger partial charge in [-0.2, -0.15) is 0 Å². The number of hydrogen-bond acceptors (Lipinski definition) is 3. The molecule has 4 nitrogen and oxygen atoms in total. The summed E-state index contributed by atoms with van der Waals surface area (Å²) in [6, 6.07) is 4.11. The Morgan fingerprint density at radius 3 is 2.81 bits per heavy atom. The van der Waals surface area contributed by atoms with Crippen LogP contribution in [-0.2, 0) is 9.59 Å². The summed E-state index contributed by atoms with van der Waals surface area (Å²) in [5.74, 6) is 0.829. The average molecular weight is 304 g/mol. The predicted molar refractivity (Wildman–Crippen MR) is 82.4 cm³/mol. The molecule has 3 fully saturated rings. The maximum Gasteiger partial charge on any atom is 0.228 e. The SMILES string of the molecule is Cc1ccc(N2CC3(CCN(C(=O)C4CC4)C3)CC2=O)s1. The van der Waals surface area contributed by atoms with Gasteiger partial charge in [-0.3, -0.25) is 9.59 Å². The molecule has 1 aromatic heterocycles. The van der Waals surface area contributed by atoms with Crippen molar-refractivity contribution in [3.8, 4) is 0 Å². The molecule has 112 valence electrons. The van der Waals surface area contributed by atoms with E-state index in [4.69, 9.17) is 0 Å². The fourth-order valence-electron chi connectivity index (χ4n) is 3.65. The smallest absolute Gasteiger partial charge is 0.228 e. The largest absolute Gasteiger partial charge is 0.342 e. The summed E-state index contributed by atoms with van der Waals surface area (Å²) in [7, 11) is 0. The van der Waals surface area contributed by atoms with Gasteiger partial charge < -0.3 is 9.80 Å². The number of anilines is 1. The van der Waals surface area contributed by atoms with E-state index in [2.05, 4.69) is 13.0 Å². The van der Waals surface area contributed by atoms with Gasteiger partial charge in [0.1, 0.15) is 0 Å². The third-order valence-electron chi connectivity index (χ3n) is 4.99. The molecule has 4 rings (SSSR count). The lowest BCUT2D eigenvalue weighted by molar-refractivity contribution is -0.132. The summed E-state index contributed by atoms with van der Waals surface area (Å²) in [5.41, 5.74) is -0.000468. The van der Waals surface area contributed by atoms with E-state index in [1.807, 2.05) is 15.9 Å². The van der Waals surface area contributed by atoms with E-state index in [1.165, 1.54) is 4.88 Å². The van der Waals surface area contributed by atoms with E-state index in [9.17, 15) is 9.59 Å². The molecule has 1 aromatic rings. The normalized spacial score (nSPS) is 28.9. The van der Waals surface area contributed by atoms with Gasteiger partial charge in [-0.1, -0.05) is 0 Å². The van der Waals surface area contributed by atoms with Crippen molar-refractivity contribution in [1.29, 1.82) is 0 Å². The number of amides is 2. The summed E-state index contributed by atoms with van der Waals surface area (Å²) in [6.45, 7) is 4.45. The molecule has 0 radical (unpaired) electrons. The molecule has 2 aliphatic heterocycles. The highest BCUT2D eigenvalue weighted by Crippen LogP contribution is 2.44. The van der Waals surface area contributed by atoms with Crippen LogP contribution in [0.4, 0.5) is 5.00 Å². The van der Waals surface area contributed by atoms with E-state index in [0.717, 1.165) is 43.9 Å². The van der Waals surface area contributed by atoms with Crippen molar-refractivity contribution in [2.45, 2.75) is 32.6 Å². The monoisotopic (exact) mass is 304 g/mol. The zero-order chi connectivity index (χ0) is 14.6. The summed E-state index contributed by atoms with van der Waals surface area (Å²) >= 11 is 1.68. The van der Waals surface area contributed by atoms with Gasteiger partial charge in [0.2, 0.25) is 11.8 Å². The molecule has 21 heavy (non-hydrogen) atoms. The molecule has 1 atom stereocenters. The predicted octanol–water partition coefficient (Wildman–Crippen LogP) is 2.42. The Morgan fingerprint density at radius 2 is 2.14 bits per heavy atom. The van der Waals surface area contributed by atoms with E-state index in [0.29, 0.717) is 12.3 Å². The number of aryl methyl sites for hydroxylation is 1. The number of thiophene rings is 1. The van der Waals surface area contributed by atoms with Gasteiger partial charge in [-0.15, -0.1) is 11.3 Å². The first-order valence-electron chi connectivity index (χ1n) is 7.72. The molecule has 3 aliphatic rings. The maximum absolute atomic E-state index is 12.4. The molecule has 1 spiro atoms. The van der Waals surface area contributed by atoms with Crippen LogP contribution in [0.25, 0.3) is 0 Å². The van der Waals surface area contributed by atoms with E-state index in [-0.39, 0.29) is 17.2 Å². The highest BCUT2D eigenvalue weighted by atomic mass is 32.1. The fourth-order valence-corrected chi connectivity index (χ4v) is 4.53. The standard InChI is InChI=1S/C16H20N2O2S/c1-11-2-5-14(21-11)18-10-16(8-13(18)19)6-7-17(9-16)15(20)12-3-4-12/h2,5,12H,3-4,6-10H2,1H3. The maximum atomic E-state index is 12.4. The number of carbonyl (C=O) groups excluding carboxylic acids is 2. The second-order valence-electron chi connectivity index (χ2n) is 6.83. The van der Waals surface area contributed by atoms with Gasteiger partial charge in [-0.25, -0.2) is 0 Å². The van der Waals surface area contributed by atoms with Crippen LogP contribution in [0, 0.1) is 18.3 Å². The molecule has 2 saturated heterocycles. The van der Waals surface area contributed by atoms with E-state index in [1.54, 1.807) is 11.3 Å². The zero-order valence-electron chi connectivity index (χ0n) is 12.3. The zero-order valence-corrected chi connectivity index (χ0v) is 13.1. The van der Waals surface area contributed by atoms with Crippen LogP contribution in [-0.4, -0.2) is 36.3 Å². The molecule has 0 N–H and O–H groups in total. The van der Waals surface area contributed by atoms with Gasteiger partial charge in [0, 0.05) is 42.3 Å². The van der Waals surface area contributed by atoms with Crippen LogP contribution in [0.15, 0.2) is 12.1 Å². The van der Waals surface area contributed by atoms with Crippen molar-refractivity contribution in [2.24, 2.45) is 11.3 Å². The highest BCUT2D eigenvalue weighted by molar-refractivity contribution is 7.16. The Balaban J connectivity index is 1.50. The Kier molecular flexibility index (Phi) is 2.89. The number of carbonyl (C=O) groups is 2. The lowest BCUT2D eigenvalue weighted by Crippen LogP contribution is -2.34. The van der Waals surface area contributed by atoms with E-state index < -0.39 is 0 Å². The molecule has 5 heteroatoms. The van der Waals surface area contributed by atoms with Crippen LogP contribution in [0.3, 0.4) is 0 Å². The molecule has 1 unspecified atom stereocenters. The number of rotatable bonds is 2. The van der Waals surface area contributed by atoms with Gasteiger partial charge in [0.15, 0.2) is 0 Å².